The van der Waals surface area contributed by atoms with Crippen LogP contribution >= 0.6 is 0 Å². The molecule has 0 saturated carbocycles. The summed E-state index contributed by atoms with van der Waals surface area (Å²) in [5.74, 6) is -1.91. The Hall–Kier alpha value is -4.91. The molecule has 9 N–H and O–H groups in total. The normalized spacial score (nSPS) is 13.6. The van der Waals surface area contributed by atoms with Gasteiger partial charge in [-0.1, -0.05) is 74.5 Å². The van der Waals surface area contributed by atoms with Crippen molar-refractivity contribution in [3.05, 3.63) is 77.9 Å². The average Bonchev–Trinajstić information content (AvgIpc) is 3.01. The lowest BCUT2D eigenvalue weighted by Gasteiger charge is -2.28. The molecular weight excluding hydrogens is 578 g/mol. The highest BCUT2D eigenvalue weighted by Crippen LogP contribution is 2.07. The summed E-state index contributed by atoms with van der Waals surface area (Å²) in [6.07, 6.45) is 1.41. The van der Waals surface area contributed by atoms with E-state index in [1.165, 1.54) is 13.0 Å². The van der Waals surface area contributed by atoms with E-state index in [1.54, 1.807) is 30.3 Å². The van der Waals surface area contributed by atoms with E-state index in [0.717, 1.165) is 11.1 Å². The number of hydrogen-bond acceptors (Lipinski definition) is 7. The van der Waals surface area contributed by atoms with E-state index in [9.17, 15) is 24.3 Å². The Morgan fingerprint density at radius 3 is 2.16 bits per heavy atom. The molecule has 0 aliphatic rings. The maximum Gasteiger partial charge on any atom is 0.408 e. The zero-order valence-corrected chi connectivity index (χ0v) is 25.9. The van der Waals surface area contributed by atoms with Gasteiger partial charge < -0.3 is 42.6 Å². The number of nitrogens with two attached hydrogens (primary N) is 2. The number of nitrogens with one attached hydrogen (secondary N) is 4. The number of aliphatic hydroxyl groups excluding tert-OH is 1. The van der Waals surface area contributed by atoms with Crippen LogP contribution in [-0.2, 0) is 25.7 Å². The Kier molecular flexibility index (Phi) is 15.6. The fraction of sp³-hybridized carbons (Fsp3) is 0.406. The molecule has 0 saturated heterocycles. The molecule has 0 aromatic heterocycles. The van der Waals surface area contributed by atoms with Gasteiger partial charge in [-0.3, -0.25) is 19.4 Å². The third kappa shape index (κ3) is 14.4. The van der Waals surface area contributed by atoms with E-state index in [1.807, 2.05) is 50.2 Å². The zero-order chi connectivity index (χ0) is 33.2. The van der Waals surface area contributed by atoms with Crippen molar-refractivity contribution >= 4 is 35.9 Å². The number of amides is 4. The van der Waals surface area contributed by atoms with Gasteiger partial charge in [0.2, 0.25) is 17.7 Å². The number of carbonyl (C=O) groups excluding carboxylic acids is 4. The lowest BCUT2D eigenvalue weighted by molar-refractivity contribution is -0.133. The molecule has 13 nitrogen and oxygen atoms in total. The maximum atomic E-state index is 13.3. The summed E-state index contributed by atoms with van der Waals surface area (Å²) in [7, 11) is 0. The quantitative estimate of drug-likeness (QED) is 0.0587. The van der Waals surface area contributed by atoms with Crippen molar-refractivity contribution in [3.8, 4) is 0 Å². The fourth-order valence-corrected chi connectivity index (χ4v) is 4.07. The van der Waals surface area contributed by atoms with E-state index in [4.69, 9.17) is 16.2 Å². The molecule has 0 spiro atoms. The number of nitrogens with zero attached hydrogens (tertiary/aromatic N) is 1. The van der Waals surface area contributed by atoms with Gasteiger partial charge in [0.05, 0.1) is 6.10 Å². The first kappa shape index (κ1) is 36.3. The van der Waals surface area contributed by atoms with Gasteiger partial charge >= 0.3 is 6.09 Å². The molecular formula is C32H45N7O6. The van der Waals surface area contributed by atoms with E-state index < -0.39 is 42.1 Å². The number of aliphatic imine (C=N–C) groups is 1. The number of rotatable bonds is 17. The predicted octanol–water partition coefficient (Wildman–Crippen LogP) is 1.17. The van der Waals surface area contributed by atoms with Gasteiger partial charge in [-0.05, 0) is 42.9 Å². The molecule has 4 atom stereocenters. The van der Waals surface area contributed by atoms with Crippen LogP contribution in [0.25, 0.3) is 6.08 Å². The second kappa shape index (κ2) is 19.4. The van der Waals surface area contributed by atoms with E-state index >= 15 is 0 Å². The fourth-order valence-electron chi connectivity index (χ4n) is 4.07. The molecule has 0 bridgehead atoms. The van der Waals surface area contributed by atoms with Crippen molar-refractivity contribution in [1.82, 2.24) is 21.3 Å². The lowest BCUT2D eigenvalue weighted by atomic mass is 10.0. The second-order valence-electron chi connectivity index (χ2n) is 10.8. The number of benzene rings is 2. The molecule has 0 heterocycles. The highest BCUT2D eigenvalue weighted by Gasteiger charge is 2.31. The first-order valence-electron chi connectivity index (χ1n) is 14.8. The van der Waals surface area contributed by atoms with E-state index in [-0.39, 0.29) is 43.9 Å². The molecule has 0 unspecified atom stereocenters. The van der Waals surface area contributed by atoms with Crippen molar-refractivity contribution in [1.29, 1.82) is 0 Å². The summed E-state index contributed by atoms with van der Waals surface area (Å²) in [4.78, 5) is 55.4. The predicted molar refractivity (Wildman–Crippen MR) is 172 cm³/mol. The number of guanidine groups is 1. The van der Waals surface area contributed by atoms with Crippen LogP contribution in [0.2, 0.25) is 0 Å². The summed E-state index contributed by atoms with van der Waals surface area (Å²) in [6.45, 7) is 5.40. The Balaban J connectivity index is 2.03. The van der Waals surface area contributed by atoms with Gasteiger partial charge in [0.15, 0.2) is 5.96 Å². The number of hydrogen-bond donors (Lipinski definition) is 7. The standard InChI is InChI=1S/C32H45N7O6/c1-21(2)26(19-36-27(41)17-16-23-11-6-4-7-12-23)37-30(43)28(22(3)40)39-29(42)25(15-10-18-35-31(33)34)38-32(44)45-20-24-13-8-5-9-14-24/h4-9,11-14,16-17,21-22,25-26,28,40H,10,15,18-20H2,1-3H3,(H,36,41)(H,37,43)(H,38,44)(H,39,42)(H4,33,34,35)/b17-16+/t22-,25+,26-,28+/m1/s1. The van der Waals surface area contributed by atoms with Crippen LogP contribution in [0.4, 0.5) is 4.79 Å². The van der Waals surface area contributed by atoms with Crippen molar-refractivity contribution in [2.24, 2.45) is 22.4 Å². The average molecular weight is 624 g/mol. The summed E-state index contributed by atoms with van der Waals surface area (Å²) in [6, 6.07) is 15.4. The van der Waals surface area contributed by atoms with E-state index in [2.05, 4.69) is 26.3 Å². The Morgan fingerprint density at radius 2 is 1.56 bits per heavy atom. The smallest absolute Gasteiger partial charge is 0.408 e. The Bertz CT molecular complexity index is 1280. The molecule has 2 aromatic rings. The number of aliphatic hydroxyl groups is 1. The molecule has 244 valence electrons. The second-order valence-corrected chi connectivity index (χ2v) is 10.8. The van der Waals surface area contributed by atoms with Crippen molar-refractivity contribution in [3.63, 3.8) is 0 Å². The largest absolute Gasteiger partial charge is 0.445 e. The summed E-state index contributed by atoms with van der Waals surface area (Å²) < 4.78 is 5.26. The maximum absolute atomic E-state index is 13.3. The highest BCUT2D eigenvalue weighted by molar-refractivity contribution is 5.92. The summed E-state index contributed by atoms with van der Waals surface area (Å²) >= 11 is 0. The molecule has 4 amide bonds. The van der Waals surface area contributed by atoms with Crippen LogP contribution < -0.4 is 32.7 Å². The summed E-state index contributed by atoms with van der Waals surface area (Å²) in [5.41, 5.74) is 12.4. The first-order valence-corrected chi connectivity index (χ1v) is 14.8. The Morgan fingerprint density at radius 1 is 0.911 bits per heavy atom. The van der Waals surface area contributed by atoms with Gasteiger partial charge in [-0.15, -0.1) is 0 Å². The topological polar surface area (TPSA) is 210 Å². The minimum Gasteiger partial charge on any atom is -0.445 e. The van der Waals surface area contributed by atoms with Crippen LogP contribution in [0.3, 0.4) is 0 Å². The SMILES string of the molecule is CC(C)[C@@H](CNC(=O)/C=C/c1ccccc1)NC(=O)[C@@H](NC(=O)[C@H](CCCN=C(N)N)NC(=O)OCc1ccccc1)[C@@H](C)O. The zero-order valence-electron chi connectivity index (χ0n) is 25.9. The molecule has 0 radical (unpaired) electrons. The van der Waals surface area contributed by atoms with Gasteiger partial charge in [0.25, 0.3) is 0 Å². The molecule has 2 rings (SSSR count). The minimum absolute atomic E-state index is 0.0110. The third-order valence-corrected chi connectivity index (χ3v) is 6.68. The molecule has 2 aromatic carbocycles. The first-order chi connectivity index (χ1) is 21.5. The summed E-state index contributed by atoms with van der Waals surface area (Å²) in [5, 5.41) is 21.1. The van der Waals surface area contributed by atoms with Crippen LogP contribution in [0.1, 0.15) is 44.7 Å². The molecule has 13 heteroatoms. The van der Waals surface area contributed by atoms with Gasteiger partial charge in [0, 0.05) is 25.2 Å². The monoisotopic (exact) mass is 623 g/mol. The van der Waals surface area contributed by atoms with Crippen LogP contribution in [0, 0.1) is 5.92 Å². The minimum atomic E-state index is -1.35. The van der Waals surface area contributed by atoms with Crippen LogP contribution in [0.15, 0.2) is 71.7 Å². The number of ether oxygens (including phenoxy) is 1. The van der Waals surface area contributed by atoms with Gasteiger partial charge in [-0.2, -0.15) is 0 Å². The van der Waals surface area contributed by atoms with Crippen molar-refractivity contribution in [2.45, 2.75) is 64.4 Å². The molecule has 0 aliphatic carbocycles. The lowest BCUT2D eigenvalue weighted by Crippen LogP contribution is -2.59. The third-order valence-electron chi connectivity index (χ3n) is 6.68. The van der Waals surface area contributed by atoms with Crippen LogP contribution in [-0.4, -0.2) is 72.2 Å². The van der Waals surface area contributed by atoms with Crippen molar-refractivity contribution in [2.75, 3.05) is 13.1 Å². The Labute approximate surface area is 263 Å². The number of carbonyl (C=O) groups is 4. The van der Waals surface area contributed by atoms with Gasteiger partial charge in [-0.25, -0.2) is 4.79 Å². The number of alkyl carbamates (subject to hydrolysis) is 1. The molecule has 45 heavy (non-hydrogen) atoms. The van der Waals surface area contributed by atoms with Gasteiger partial charge in [0.1, 0.15) is 18.7 Å². The van der Waals surface area contributed by atoms with E-state index in [0.29, 0.717) is 6.42 Å². The van der Waals surface area contributed by atoms with Crippen molar-refractivity contribution < 1.29 is 29.0 Å². The molecule has 0 fully saturated rings. The molecule has 0 aliphatic heterocycles. The van der Waals surface area contributed by atoms with Crippen LogP contribution in [0.5, 0.6) is 0 Å². The highest BCUT2D eigenvalue weighted by atomic mass is 16.5.